The number of halogens is 1. The zero-order valence-corrected chi connectivity index (χ0v) is 20.0. The van der Waals surface area contributed by atoms with Gasteiger partial charge in [0.25, 0.3) is 0 Å². The van der Waals surface area contributed by atoms with Gasteiger partial charge in [-0.25, -0.2) is 0 Å². The molecule has 2 unspecified atom stereocenters. The van der Waals surface area contributed by atoms with Crippen molar-refractivity contribution >= 4 is 31.7 Å². The van der Waals surface area contributed by atoms with Crippen molar-refractivity contribution in [1.29, 1.82) is 0 Å². The highest BCUT2D eigenvalue weighted by atomic mass is 35.5. The zero-order chi connectivity index (χ0) is 19.5. The fourth-order valence-corrected chi connectivity index (χ4v) is 11.9. The van der Waals surface area contributed by atoms with E-state index in [1.54, 1.807) is 0 Å². The first kappa shape index (κ1) is 22.1. The Balaban J connectivity index is 1.98. The van der Waals surface area contributed by atoms with Gasteiger partial charge in [0.05, 0.1) is 0 Å². The zero-order valence-electron chi connectivity index (χ0n) is 17.4. The van der Waals surface area contributed by atoms with Gasteiger partial charge in [-0.2, -0.15) is 0 Å². The second-order valence-electron chi connectivity index (χ2n) is 8.48. The van der Waals surface area contributed by atoms with Gasteiger partial charge in [0.2, 0.25) is 0 Å². The van der Waals surface area contributed by atoms with Gasteiger partial charge in [-0.15, -0.1) is 0 Å². The second kappa shape index (κ2) is 9.32. The van der Waals surface area contributed by atoms with E-state index >= 15 is 0 Å². The van der Waals surface area contributed by atoms with Crippen LogP contribution in [-0.4, -0.2) is 14.9 Å². The third-order valence-corrected chi connectivity index (χ3v) is 14.1. The van der Waals surface area contributed by atoms with E-state index in [9.17, 15) is 0 Å². The molecule has 0 saturated carbocycles. The summed E-state index contributed by atoms with van der Waals surface area (Å²) >= 11 is 8.50. The van der Waals surface area contributed by atoms with Crippen molar-refractivity contribution in [3.05, 3.63) is 40.3 Å². The van der Waals surface area contributed by atoms with E-state index in [1.165, 1.54) is 9.80 Å². The molecule has 2 rings (SSSR count). The lowest BCUT2D eigenvalue weighted by molar-refractivity contribution is 0.237. The van der Waals surface area contributed by atoms with Gasteiger partial charge in [-0.3, -0.25) is 0 Å². The van der Waals surface area contributed by atoms with Gasteiger partial charge in [0, 0.05) is 27.4 Å². The molecule has 4 heteroatoms. The number of benzene rings is 1. The van der Waals surface area contributed by atoms with E-state index in [1.807, 2.05) is 11.8 Å². The van der Waals surface area contributed by atoms with Crippen LogP contribution in [0.25, 0.3) is 0 Å². The predicted octanol–water partition coefficient (Wildman–Crippen LogP) is 8.08. The van der Waals surface area contributed by atoms with Gasteiger partial charge >= 0.3 is 0 Å². The lowest BCUT2D eigenvalue weighted by Gasteiger charge is -2.43. The van der Waals surface area contributed by atoms with Gasteiger partial charge in [-0.05, 0) is 41.1 Å². The minimum absolute atomic E-state index is 0.459. The van der Waals surface area contributed by atoms with E-state index in [0.29, 0.717) is 28.5 Å². The summed E-state index contributed by atoms with van der Waals surface area (Å²) in [5.41, 5.74) is 1.91. The Bertz CT molecular complexity index is 590. The van der Waals surface area contributed by atoms with Crippen LogP contribution in [0.15, 0.2) is 45.2 Å². The number of allylic oxidation sites excluding steroid dienone is 2. The Morgan fingerprint density at radius 3 is 2.00 bits per heavy atom. The van der Waals surface area contributed by atoms with Crippen LogP contribution in [-0.2, 0) is 4.43 Å². The van der Waals surface area contributed by atoms with Crippen molar-refractivity contribution < 1.29 is 4.43 Å². The van der Waals surface area contributed by atoms with Crippen molar-refractivity contribution in [1.82, 2.24) is 0 Å². The minimum Gasteiger partial charge on any atom is -0.416 e. The van der Waals surface area contributed by atoms with Crippen LogP contribution >= 0.6 is 23.4 Å². The average Bonchev–Trinajstić information content (AvgIpc) is 2.59. The van der Waals surface area contributed by atoms with E-state index < -0.39 is 8.32 Å². The first-order chi connectivity index (χ1) is 12.2. The Morgan fingerprint density at radius 1 is 1.00 bits per heavy atom. The molecule has 26 heavy (non-hydrogen) atoms. The van der Waals surface area contributed by atoms with Crippen molar-refractivity contribution in [3.63, 3.8) is 0 Å². The summed E-state index contributed by atoms with van der Waals surface area (Å²) in [6.07, 6.45) is 1.04. The molecule has 0 amide bonds. The molecule has 0 spiro atoms. The second-order valence-corrected chi connectivity index (χ2v) is 15.5. The van der Waals surface area contributed by atoms with Gasteiger partial charge in [0.1, 0.15) is 0 Å². The molecule has 0 aromatic heterocycles. The molecule has 0 fully saturated rings. The monoisotopic (exact) mass is 410 g/mol. The summed E-state index contributed by atoms with van der Waals surface area (Å²) < 4.78 is 6.72. The number of thioether (sulfide) groups is 1. The van der Waals surface area contributed by atoms with Gasteiger partial charge < -0.3 is 4.43 Å². The normalized spacial score (nSPS) is 21.0. The summed E-state index contributed by atoms with van der Waals surface area (Å²) in [5, 5.41) is 1.06. The predicted molar refractivity (Wildman–Crippen MR) is 119 cm³/mol. The van der Waals surface area contributed by atoms with Crippen molar-refractivity contribution in [3.8, 4) is 0 Å². The highest BCUT2D eigenvalue weighted by molar-refractivity contribution is 8.03. The molecule has 0 bridgehead atoms. The first-order valence-corrected chi connectivity index (χ1v) is 13.3. The molecule has 0 saturated heterocycles. The fourth-order valence-electron chi connectivity index (χ4n) is 4.70. The quantitative estimate of drug-likeness (QED) is 0.380. The van der Waals surface area contributed by atoms with Crippen LogP contribution in [0.4, 0.5) is 0 Å². The molecular formula is C22H35ClOSSi. The molecule has 1 aliphatic rings. The Kier molecular flexibility index (Phi) is 7.91. The lowest BCUT2D eigenvalue weighted by atomic mass is 9.81. The molecule has 1 aromatic rings. The average molecular weight is 411 g/mol. The van der Waals surface area contributed by atoms with Gasteiger partial charge in [0.15, 0.2) is 8.32 Å². The third-order valence-electron chi connectivity index (χ3n) is 6.04. The molecule has 0 radical (unpaired) electrons. The SMILES string of the molecule is CC1C(Sc2ccccc2)=C(Cl)C1CCO[Si](C(C)C)(C(C)C)C(C)C. The summed E-state index contributed by atoms with van der Waals surface area (Å²) in [6.45, 7) is 17.2. The molecule has 2 atom stereocenters. The maximum atomic E-state index is 6.72. The van der Waals surface area contributed by atoms with E-state index in [2.05, 4.69) is 78.8 Å². The first-order valence-electron chi connectivity index (χ1n) is 9.98. The molecule has 1 aliphatic carbocycles. The van der Waals surface area contributed by atoms with Crippen molar-refractivity contribution in [2.75, 3.05) is 6.61 Å². The van der Waals surface area contributed by atoms with Crippen LogP contribution in [0.5, 0.6) is 0 Å². The number of rotatable bonds is 9. The third kappa shape index (κ3) is 4.43. The molecular weight excluding hydrogens is 376 g/mol. The maximum absolute atomic E-state index is 6.72. The Labute approximate surface area is 171 Å². The molecule has 0 N–H and O–H groups in total. The molecule has 0 aliphatic heterocycles. The summed E-state index contributed by atoms with van der Waals surface area (Å²) in [7, 11) is -1.77. The summed E-state index contributed by atoms with van der Waals surface area (Å²) in [6, 6.07) is 10.5. The van der Waals surface area contributed by atoms with E-state index in [4.69, 9.17) is 16.0 Å². The standard InChI is InChI=1S/C22H35ClOSSi/c1-15(2)26(16(3)4,17(5)6)24-14-13-20-18(7)22(21(20)23)25-19-11-9-8-10-12-19/h8-12,15-18,20H,13-14H2,1-7H3. The number of hydrogen-bond donors (Lipinski definition) is 0. The molecule has 0 heterocycles. The van der Waals surface area contributed by atoms with Crippen LogP contribution in [0.2, 0.25) is 16.6 Å². The Hall–Kier alpha value is -0.223. The molecule has 1 nitrogen and oxygen atoms in total. The maximum Gasteiger partial charge on any atom is 0.200 e. The van der Waals surface area contributed by atoms with E-state index in [0.717, 1.165) is 18.1 Å². The van der Waals surface area contributed by atoms with Crippen LogP contribution < -0.4 is 0 Å². The molecule has 146 valence electrons. The highest BCUT2D eigenvalue weighted by Gasteiger charge is 2.45. The van der Waals surface area contributed by atoms with Crippen molar-refractivity contribution in [2.45, 2.75) is 76.4 Å². The topological polar surface area (TPSA) is 9.23 Å². The van der Waals surface area contributed by atoms with Crippen LogP contribution in [0.3, 0.4) is 0 Å². The number of hydrogen-bond acceptors (Lipinski definition) is 2. The fraction of sp³-hybridized carbons (Fsp3) is 0.636. The lowest BCUT2D eigenvalue weighted by Crippen LogP contribution is -2.48. The molecule has 1 aromatic carbocycles. The summed E-state index contributed by atoms with van der Waals surface area (Å²) in [5.74, 6) is 0.991. The highest BCUT2D eigenvalue weighted by Crippen LogP contribution is 2.52. The largest absolute Gasteiger partial charge is 0.416 e. The van der Waals surface area contributed by atoms with Gasteiger partial charge in [-0.1, -0.05) is 90.0 Å². The van der Waals surface area contributed by atoms with Crippen LogP contribution in [0.1, 0.15) is 54.9 Å². The van der Waals surface area contributed by atoms with Crippen molar-refractivity contribution in [2.24, 2.45) is 11.8 Å². The van der Waals surface area contributed by atoms with Crippen LogP contribution in [0, 0.1) is 11.8 Å². The summed E-state index contributed by atoms with van der Waals surface area (Å²) in [4.78, 5) is 2.61. The Morgan fingerprint density at radius 2 is 1.54 bits per heavy atom. The minimum atomic E-state index is -1.77. The van der Waals surface area contributed by atoms with E-state index in [-0.39, 0.29) is 0 Å². The smallest absolute Gasteiger partial charge is 0.200 e.